The maximum absolute atomic E-state index is 12.4. The first-order chi connectivity index (χ1) is 12.6. The van der Waals surface area contributed by atoms with Crippen molar-refractivity contribution >= 4 is 22.7 Å². The Balaban J connectivity index is 1.62. The Morgan fingerprint density at radius 3 is 2.58 bits per heavy atom. The van der Waals surface area contributed by atoms with Crippen LogP contribution >= 0.6 is 0 Å². The molecule has 0 spiro atoms. The molecule has 3 aromatic carbocycles. The second-order valence-corrected chi connectivity index (χ2v) is 6.39. The number of rotatable bonds is 3. The molecule has 0 aliphatic rings. The molecular weight excluding hydrogens is 324 g/mol. The number of hydrogen-bond donors (Lipinski definition) is 1. The highest BCUT2D eigenvalue weighted by Crippen LogP contribution is 2.26. The molecule has 1 N–H and O–H groups in total. The molecule has 128 valence electrons. The molecule has 0 atom stereocenters. The van der Waals surface area contributed by atoms with Gasteiger partial charge in [-0.25, -0.2) is 4.98 Å². The van der Waals surface area contributed by atoms with E-state index in [9.17, 15) is 4.79 Å². The van der Waals surface area contributed by atoms with Crippen LogP contribution in [0.4, 0.5) is 5.69 Å². The summed E-state index contributed by atoms with van der Waals surface area (Å²) >= 11 is 0. The van der Waals surface area contributed by atoms with Gasteiger partial charge in [-0.15, -0.1) is 0 Å². The molecule has 1 heterocycles. The Bertz CT molecular complexity index is 1110. The summed E-state index contributed by atoms with van der Waals surface area (Å²) in [6.07, 6.45) is 0. The summed E-state index contributed by atoms with van der Waals surface area (Å²) in [4.78, 5) is 17.0. The van der Waals surface area contributed by atoms with Crippen LogP contribution in [0.25, 0.3) is 22.6 Å². The number of aromatic nitrogens is 1. The molecule has 0 unspecified atom stereocenters. The van der Waals surface area contributed by atoms with Crippen molar-refractivity contribution in [1.82, 2.24) is 4.98 Å². The third-order valence-corrected chi connectivity index (χ3v) is 4.19. The molecule has 4 heteroatoms. The molecule has 1 amide bonds. The topological polar surface area (TPSA) is 55.1 Å². The van der Waals surface area contributed by atoms with Gasteiger partial charge in [-0.1, -0.05) is 29.8 Å². The zero-order chi connectivity index (χ0) is 18.1. The minimum absolute atomic E-state index is 0.140. The maximum atomic E-state index is 12.4. The van der Waals surface area contributed by atoms with Crippen molar-refractivity contribution in [2.45, 2.75) is 13.8 Å². The first kappa shape index (κ1) is 16.1. The van der Waals surface area contributed by atoms with E-state index >= 15 is 0 Å². The van der Waals surface area contributed by atoms with Crippen LogP contribution in [0.2, 0.25) is 0 Å². The lowest BCUT2D eigenvalue weighted by molar-refractivity contribution is 0.102. The second kappa shape index (κ2) is 6.48. The number of carbonyl (C=O) groups excluding carboxylic acids is 1. The number of oxazole rings is 1. The molecule has 4 nitrogen and oxygen atoms in total. The molecule has 0 saturated carbocycles. The third-order valence-electron chi connectivity index (χ3n) is 4.19. The summed E-state index contributed by atoms with van der Waals surface area (Å²) in [5.74, 6) is 0.399. The van der Waals surface area contributed by atoms with Crippen LogP contribution in [-0.4, -0.2) is 10.9 Å². The van der Waals surface area contributed by atoms with Crippen molar-refractivity contribution < 1.29 is 9.21 Å². The number of amides is 1. The average Bonchev–Trinajstić information content (AvgIpc) is 3.05. The monoisotopic (exact) mass is 342 g/mol. The lowest BCUT2D eigenvalue weighted by Gasteiger charge is -2.07. The van der Waals surface area contributed by atoms with Gasteiger partial charge < -0.3 is 9.73 Å². The van der Waals surface area contributed by atoms with Gasteiger partial charge in [0.25, 0.3) is 5.91 Å². The number of aryl methyl sites for hydroxylation is 2. The van der Waals surface area contributed by atoms with E-state index in [2.05, 4.69) is 10.3 Å². The Kier molecular flexibility index (Phi) is 4.01. The zero-order valence-electron chi connectivity index (χ0n) is 14.6. The minimum Gasteiger partial charge on any atom is -0.436 e. The SMILES string of the molecule is Cc1cccc(C(=O)Nc2cccc(-c3nc4cc(C)ccc4o3)c2)c1. The molecule has 0 aliphatic carbocycles. The summed E-state index contributed by atoms with van der Waals surface area (Å²) in [5, 5.41) is 2.93. The van der Waals surface area contributed by atoms with E-state index in [4.69, 9.17) is 4.42 Å². The van der Waals surface area contributed by atoms with Gasteiger partial charge in [0.2, 0.25) is 5.89 Å². The zero-order valence-corrected chi connectivity index (χ0v) is 14.6. The predicted molar refractivity (Wildman–Crippen MR) is 103 cm³/mol. The highest BCUT2D eigenvalue weighted by molar-refractivity contribution is 6.04. The number of carbonyl (C=O) groups is 1. The van der Waals surface area contributed by atoms with E-state index in [1.54, 1.807) is 6.07 Å². The van der Waals surface area contributed by atoms with Crippen molar-refractivity contribution in [1.29, 1.82) is 0 Å². The van der Waals surface area contributed by atoms with E-state index < -0.39 is 0 Å². The summed E-state index contributed by atoms with van der Waals surface area (Å²) in [6.45, 7) is 3.99. The molecular formula is C22H18N2O2. The van der Waals surface area contributed by atoms with Gasteiger partial charge in [-0.05, 0) is 61.9 Å². The lowest BCUT2D eigenvalue weighted by Crippen LogP contribution is -2.11. The van der Waals surface area contributed by atoms with Gasteiger partial charge >= 0.3 is 0 Å². The minimum atomic E-state index is -0.140. The molecule has 0 radical (unpaired) electrons. The quantitative estimate of drug-likeness (QED) is 0.545. The summed E-state index contributed by atoms with van der Waals surface area (Å²) in [7, 11) is 0. The number of nitrogens with one attached hydrogen (secondary N) is 1. The average molecular weight is 342 g/mol. The molecule has 1 aromatic heterocycles. The van der Waals surface area contributed by atoms with Gasteiger partial charge in [-0.3, -0.25) is 4.79 Å². The number of benzene rings is 3. The van der Waals surface area contributed by atoms with Crippen LogP contribution in [0.3, 0.4) is 0 Å². The Morgan fingerprint density at radius 2 is 1.73 bits per heavy atom. The number of hydrogen-bond acceptors (Lipinski definition) is 3. The van der Waals surface area contributed by atoms with Gasteiger partial charge in [0, 0.05) is 16.8 Å². The summed E-state index contributed by atoms with van der Waals surface area (Å²) < 4.78 is 5.85. The van der Waals surface area contributed by atoms with Crippen LogP contribution in [0.5, 0.6) is 0 Å². The van der Waals surface area contributed by atoms with Crippen molar-refractivity contribution in [3.63, 3.8) is 0 Å². The van der Waals surface area contributed by atoms with Crippen LogP contribution in [0.1, 0.15) is 21.5 Å². The smallest absolute Gasteiger partial charge is 0.255 e. The number of anilines is 1. The van der Waals surface area contributed by atoms with Crippen molar-refractivity contribution in [2.75, 3.05) is 5.32 Å². The highest BCUT2D eigenvalue weighted by Gasteiger charge is 2.11. The Hall–Kier alpha value is -3.40. The van der Waals surface area contributed by atoms with E-state index in [0.29, 0.717) is 17.1 Å². The fraction of sp³-hybridized carbons (Fsp3) is 0.0909. The van der Waals surface area contributed by atoms with Crippen LogP contribution in [0, 0.1) is 13.8 Å². The standard InChI is InChI=1S/C22H18N2O2/c1-14-5-3-6-16(11-14)21(25)23-18-8-4-7-17(13-18)22-24-19-12-15(2)9-10-20(19)26-22/h3-13H,1-2H3,(H,23,25). The molecule has 0 aliphatic heterocycles. The summed E-state index contributed by atoms with van der Waals surface area (Å²) in [5.41, 5.74) is 5.92. The molecule has 0 bridgehead atoms. The number of fused-ring (bicyclic) bond motifs is 1. The van der Waals surface area contributed by atoms with Gasteiger partial charge in [-0.2, -0.15) is 0 Å². The predicted octanol–water partition coefficient (Wildman–Crippen LogP) is 5.36. The fourth-order valence-corrected chi connectivity index (χ4v) is 2.88. The van der Waals surface area contributed by atoms with Crippen LogP contribution in [-0.2, 0) is 0 Å². The van der Waals surface area contributed by atoms with E-state index in [-0.39, 0.29) is 5.91 Å². The third kappa shape index (κ3) is 3.22. The molecule has 0 saturated heterocycles. The molecule has 26 heavy (non-hydrogen) atoms. The van der Waals surface area contributed by atoms with E-state index in [1.807, 2.05) is 74.5 Å². The maximum Gasteiger partial charge on any atom is 0.255 e. The molecule has 4 rings (SSSR count). The van der Waals surface area contributed by atoms with Crippen molar-refractivity contribution in [2.24, 2.45) is 0 Å². The van der Waals surface area contributed by atoms with Crippen LogP contribution < -0.4 is 5.32 Å². The summed E-state index contributed by atoms with van der Waals surface area (Å²) in [6, 6.07) is 20.9. The lowest BCUT2D eigenvalue weighted by atomic mass is 10.1. The van der Waals surface area contributed by atoms with E-state index in [0.717, 1.165) is 27.8 Å². The Labute approximate surface area is 151 Å². The number of nitrogens with zero attached hydrogens (tertiary/aromatic N) is 1. The van der Waals surface area contributed by atoms with E-state index in [1.165, 1.54) is 0 Å². The molecule has 0 fully saturated rings. The van der Waals surface area contributed by atoms with Gasteiger partial charge in [0.05, 0.1) is 0 Å². The first-order valence-corrected chi connectivity index (χ1v) is 8.44. The highest BCUT2D eigenvalue weighted by atomic mass is 16.3. The van der Waals surface area contributed by atoms with Crippen molar-refractivity contribution in [3.8, 4) is 11.5 Å². The Morgan fingerprint density at radius 1 is 0.923 bits per heavy atom. The fourth-order valence-electron chi connectivity index (χ4n) is 2.88. The van der Waals surface area contributed by atoms with Crippen molar-refractivity contribution in [3.05, 3.63) is 83.4 Å². The second-order valence-electron chi connectivity index (χ2n) is 6.39. The normalized spacial score (nSPS) is 10.8. The largest absolute Gasteiger partial charge is 0.436 e. The van der Waals surface area contributed by atoms with Gasteiger partial charge in [0.1, 0.15) is 5.52 Å². The first-order valence-electron chi connectivity index (χ1n) is 8.44. The van der Waals surface area contributed by atoms with Gasteiger partial charge in [0.15, 0.2) is 5.58 Å². The van der Waals surface area contributed by atoms with Crippen LogP contribution in [0.15, 0.2) is 71.1 Å². The molecule has 4 aromatic rings.